The van der Waals surface area contributed by atoms with Gasteiger partial charge in [-0.05, 0) is 24.3 Å². The Labute approximate surface area is 169 Å². The van der Waals surface area contributed by atoms with Crippen LogP contribution in [0, 0.1) is 18.6 Å². The van der Waals surface area contributed by atoms with Crippen LogP contribution in [0.4, 0.5) is 14.5 Å². The van der Waals surface area contributed by atoms with Crippen LogP contribution in [0.1, 0.15) is 18.2 Å². The van der Waals surface area contributed by atoms with Crippen LogP contribution >= 0.6 is 0 Å². The van der Waals surface area contributed by atoms with Gasteiger partial charge in [-0.2, -0.15) is 4.98 Å². The van der Waals surface area contributed by atoms with E-state index < -0.39 is 11.6 Å². The number of anilines is 1. The SMILES string of the molecule is Cc1nc(-c2ccccc2NC(=O)CCc2ncc(-c3ccc(F)cc3F)o2)no1. The van der Waals surface area contributed by atoms with Gasteiger partial charge in [-0.15, -0.1) is 0 Å². The Morgan fingerprint density at radius 1 is 1.13 bits per heavy atom. The highest BCUT2D eigenvalue weighted by atomic mass is 19.1. The summed E-state index contributed by atoms with van der Waals surface area (Å²) in [4.78, 5) is 20.6. The van der Waals surface area contributed by atoms with Crippen LogP contribution in [0.5, 0.6) is 0 Å². The first kappa shape index (κ1) is 19.4. The van der Waals surface area contributed by atoms with Gasteiger partial charge < -0.3 is 14.3 Å². The number of hydrogen-bond donors (Lipinski definition) is 1. The summed E-state index contributed by atoms with van der Waals surface area (Å²) in [5, 5.41) is 6.69. The van der Waals surface area contributed by atoms with E-state index in [1.807, 2.05) is 0 Å². The number of nitrogens with zero attached hydrogens (tertiary/aromatic N) is 3. The van der Waals surface area contributed by atoms with Crippen LogP contribution in [0.2, 0.25) is 0 Å². The molecule has 30 heavy (non-hydrogen) atoms. The highest BCUT2D eigenvalue weighted by molar-refractivity contribution is 5.94. The first-order valence-corrected chi connectivity index (χ1v) is 9.09. The molecule has 7 nitrogen and oxygen atoms in total. The number of oxazole rings is 1. The van der Waals surface area contributed by atoms with Gasteiger partial charge in [0.05, 0.1) is 17.4 Å². The van der Waals surface area contributed by atoms with Gasteiger partial charge in [0, 0.05) is 31.4 Å². The largest absolute Gasteiger partial charge is 0.441 e. The molecule has 1 amide bonds. The second-order valence-electron chi connectivity index (χ2n) is 6.47. The number of halogens is 2. The number of para-hydroxylation sites is 1. The lowest BCUT2D eigenvalue weighted by Gasteiger charge is -2.08. The molecule has 2 aromatic heterocycles. The van der Waals surface area contributed by atoms with Crippen molar-refractivity contribution in [2.75, 3.05) is 5.32 Å². The second-order valence-corrected chi connectivity index (χ2v) is 6.47. The minimum atomic E-state index is -0.747. The molecule has 0 atom stereocenters. The number of benzene rings is 2. The Balaban J connectivity index is 1.41. The maximum Gasteiger partial charge on any atom is 0.224 e. The van der Waals surface area contributed by atoms with Crippen molar-refractivity contribution >= 4 is 11.6 Å². The molecule has 4 aromatic rings. The van der Waals surface area contributed by atoms with Crippen LogP contribution < -0.4 is 5.32 Å². The third-order valence-electron chi connectivity index (χ3n) is 4.29. The number of hydrogen-bond acceptors (Lipinski definition) is 6. The quantitative estimate of drug-likeness (QED) is 0.501. The molecule has 0 saturated heterocycles. The lowest BCUT2D eigenvalue weighted by Crippen LogP contribution is -2.13. The zero-order valence-corrected chi connectivity index (χ0v) is 15.9. The summed E-state index contributed by atoms with van der Waals surface area (Å²) in [6.45, 7) is 1.68. The molecular weight excluding hydrogens is 394 g/mol. The average molecular weight is 410 g/mol. The number of carbonyl (C=O) groups is 1. The molecule has 0 aliphatic rings. The van der Waals surface area contributed by atoms with E-state index in [4.69, 9.17) is 8.94 Å². The van der Waals surface area contributed by atoms with Gasteiger partial charge in [0.25, 0.3) is 0 Å². The number of carbonyl (C=O) groups excluding carboxylic acids is 1. The number of aromatic nitrogens is 3. The van der Waals surface area contributed by atoms with E-state index in [2.05, 4.69) is 20.4 Å². The van der Waals surface area contributed by atoms with Crippen molar-refractivity contribution in [2.45, 2.75) is 19.8 Å². The predicted octanol–water partition coefficient (Wildman–Crippen LogP) is 4.55. The third-order valence-corrected chi connectivity index (χ3v) is 4.29. The first-order valence-electron chi connectivity index (χ1n) is 9.09. The Morgan fingerprint density at radius 2 is 1.97 bits per heavy atom. The van der Waals surface area contributed by atoms with E-state index in [1.165, 1.54) is 12.3 Å². The van der Waals surface area contributed by atoms with Crippen molar-refractivity contribution < 1.29 is 22.5 Å². The fourth-order valence-corrected chi connectivity index (χ4v) is 2.87. The Kier molecular flexibility index (Phi) is 5.34. The van der Waals surface area contributed by atoms with Crippen LogP contribution in [-0.2, 0) is 11.2 Å². The van der Waals surface area contributed by atoms with Crippen LogP contribution in [0.3, 0.4) is 0 Å². The zero-order chi connectivity index (χ0) is 21.1. The van der Waals surface area contributed by atoms with Gasteiger partial charge in [0.2, 0.25) is 17.6 Å². The normalized spacial score (nSPS) is 10.9. The maximum atomic E-state index is 13.9. The van der Waals surface area contributed by atoms with Crippen LogP contribution in [-0.4, -0.2) is 21.0 Å². The van der Waals surface area contributed by atoms with Crippen molar-refractivity contribution in [3.8, 4) is 22.7 Å². The van der Waals surface area contributed by atoms with E-state index in [0.717, 1.165) is 12.1 Å². The molecule has 4 rings (SSSR count). The van der Waals surface area contributed by atoms with Gasteiger partial charge in [0.1, 0.15) is 11.6 Å². The van der Waals surface area contributed by atoms with Crippen molar-refractivity contribution in [3.05, 3.63) is 72.1 Å². The molecule has 1 N–H and O–H groups in total. The lowest BCUT2D eigenvalue weighted by molar-refractivity contribution is -0.116. The minimum absolute atomic E-state index is 0.0887. The molecule has 0 unspecified atom stereocenters. The molecule has 0 bridgehead atoms. The predicted molar refractivity (Wildman–Crippen MR) is 103 cm³/mol. The average Bonchev–Trinajstić information content (AvgIpc) is 3.36. The lowest BCUT2D eigenvalue weighted by atomic mass is 10.1. The fourth-order valence-electron chi connectivity index (χ4n) is 2.87. The standard InChI is InChI=1S/C21H16F2N4O3/c1-12-25-21(27-30-12)15-4-2-3-5-17(15)26-19(28)8-9-20-24-11-18(29-20)14-7-6-13(22)10-16(14)23/h2-7,10-11H,8-9H2,1H3,(H,26,28). The zero-order valence-electron chi connectivity index (χ0n) is 15.9. The van der Waals surface area contributed by atoms with E-state index >= 15 is 0 Å². The van der Waals surface area contributed by atoms with Gasteiger partial charge in [-0.3, -0.25) is 4.79 Å². The highest BCUT2D eigenvalue weighted by Crippen LogP contribution is 2.26. The van der Waals surface area contributed by atoms with Crippen molar-refractivity contribution in [1.29, 1.82) is 0 Å². The Morgan fingerprint density at radius 3 is 2.73 bits per heavy atom. The number of nitrogens with one attached hydrogen (secondary N) is 1. The molecule has 0 radical (unpaired) electrons. The summed E-state index contributed by atoms with van der Waals surface area (Å²) in [5.41, 5.74) is 1.28. The molecule has 0 saturated carbocycles. The third kappa shape index (κ3) is 4.24. The summed E-state index contributed by atoms with van der Waals surface area (Å²) in [5.74, 6) is -0.458. The summed E-state index contributed by atoms with van der Waals surface area (Å²) in [7, 11) is 0. The van der Waals surface area contributed by atoms with Crippen molar-refractivity contribution in [3.63, 3.8) is 0 Å². The number of amides is 1. The summed E-state index contributed by atoms with van der Waals surface area (Å²) < 4.78 is 37.4. The van der Waals surface area contributed by atoms with Gasteiger partial charge in [0.15, 0.2) is 11.7 Å². The highest BCUT2D eigenvalue weighted by Gasteiger charge is 2.15. The molecule has 0 fully saturated rings. The molecule has 0 aliphatic heterocycles. The molecule has 152 valence electrons. The van der Waals surface area contributed by atoms with E-state index in [9.17, 15) is 13.6 Å². The van der Waals surface area contributed by atoms with E-state index in [1.54, 1.807) is 31.2 Å². The summed E-state index contributed by atoms with van der Waals surface area (Å²) in [6, 6.07) is 10.3. The van der Waals surface area contributed by atoms with Crippen molar-refractivity contribution in [1.82, 2.24) is 15.1 Å². The molecule has 2 heterocycles. The van der Waals surface area contributed by atoms with Crippen molar-refractivity contribution in [2.24, 2.45) is 0 Å². The topological polar surface area (TPSA) is 94.1 Å². The molecule has 9 heteroatoms. The summed E-state index contributed by atoms with van der Waals surface area (Å²) in [6.07, 6.45) is 1.64. The molecule has 0 spiro atoms. The monoisotopic (exact) mass is 410 g/mol. The van der Waals surface area contributed by atoms with E-state index in [-0.39, 0.29) is 36.0 Å². The van der Waals surface area contributed by atoms with Gasteiger partial charge in [-0.25, -0.2) is 13.8 Å². The Hall–Kier alpha value is -3.88. The van der Waals surface area contributed by atoms with Crippen LogP contribution in [0.25, 0.3) is 22.7 Å². The summed E-state index contributed by atoms with van der Waals surface area (Å²) >= 11 is 0. The molecule has 0 aliphatic carbocycles. The van der Waals surface area contributed by atoms with Crippen LogP contribution in [0.15, 0.2) is 57.6 Å². The van der Waals surface area contributed by atoms with Gasteiger partial charge >= 0.3 is 0 Å². The fraction of sp³-hybridized carbons (Fsp3) is 0.143. The second kappa shape index (κ2) is 8.24. The maximum absolute atomic E-state index is 13.9. The van der Waals surface area contributed by atoms with E-state index in [0.29, 0.717) is 23.0 Å². The number of aryl methyl sites for hydroxylation is 2. The molecular formula is C21H16F2N4O3. The first-order chi connectivity index (χ1) is 14.5. The Bertz CT molecular complexity index is 1200. The smallest absolute Gasteiger partial charge is 0.224 e. The number of rotatable bonds is 6. The van der Waals surface area contributed by atoms with Gasteiger partial charge in [-0.1, -0.05) is 17.3 Å². The minimum Gasteiger partial charge on any atom is -0.441 e. The molecule has 2 aromatic carbocycles.